The van der Waals surface area contributed by atoms with Crippen LogP contribution in [0.3, 0.4) is 0 Å². The molecule has 1 fully saturated rings. The first-order chi connectivity index (χ1) is 8.15. The minimum atomic E-state index is -0.294. The van der Waals surface area contributed by atoms with Gasteiger partial charge in [0.2, 0.25) is 0 Å². The number of nitrogens with one attached hydrogen (secondary N) is 1. The molecular formula is C12H18ClN3O. The molecule has 0 aromatic carbocycles. The van der Waals surface area contributed by atoms with Crippen molar-refractivity contribution in [1.29, 1.82) is 0 Å². The zero-order valence-electron chi connectivity index (χ0n) is 9.99. The summed E-state index contributed by atoms with van der Waals surface area (Å²) < 4.78 is 0. The number of rotatable bonds is 3. The van der Waals surface area contributed by atoms with E-state index in [0.717, 1.165) is 19.3 Å². The van der Waals surface area contributed by atoms with Crippen molar-refractivity contribution in [2.24, 2.45) is 5.92 Å². The van der Waals surface area contributed by atoms with Crippen LogP contribution < -0.4 is 5.32 Å². The van der Waals surface area contributed by atoms with Gasteiger partial charge in [0.05, 0.1) is 12.1 Å². The third-order valence-corrected chi connectivity index (χ3v) is 3.71. The Hall–Kier alpha value is -0.870. The standard InChI is InChI=1S/C12H18ClN3O/c1-9-3-2-4-12(7-9,8-17)16-11-10(13)14-5-6-15-11/h5-6,9,17H,2-4,7-8H2,1H3,(H,15,16). The largest absolute Gasteiger partial charge is 0.394 e. The number of aliphatic hydroxyl groups excluding tert-OH is 1. The van der Waals surface area contributed by atoms with E-state index < -0.39 is 0 Å². The molecule has 4 nitrogen and oxygen atoms in total. The molecule has 2 rings (SSSR count). The predicted octanol–water partition coefficient (Wildman–Crippen LogP) is 2.48. The van der Waals surface area contributed by atoms with Gasteiger partial charge in [0.25, 0.3) is 0 Å². The Labute approximate surface area is 106 Å². The van der Waals surface area contributed by atoms with Crippen LogP contribution in [0.15, 0.2) is 12.4 Å². The molecule has 0 saturated heterocycles. The van der Waals surface area contributed by atoms with Gasteiger partial charge in [-0.1, -0.05) is 31.4 Å². The molecule has 0 aliphatic heterocycles. The van der Waals surface area contributed by atoms with E-state index in [1.54, 1.807) is 12.4 Å². The average Bonchev–Trinajstić information content (AvgIpc) is 2.32. The predicted molar refractivity (Wildman–Crippen MR) is 68.1 cm³/mol. The van der Waals surface area contributed by atoms with E-state index in [0.29, 0.717) is 16.9 Å². The highest BCUT2D eigenvalue weighted by Crippen LogP contribution is 2.35. The average molecular weight is 256 g/mol. The number of anilines is 1. The van der Waals surface area contributed by atoms with Gasteiger partial charge in [0, 0.05) is 12.4 Å². The van der Waals surface area contributed by atoms with Gasteiger partial charge in [-0.2, -0.15) is 0 Å². The first-order valence-electron chi connectivity index (χ1n) is 6.01. The molecular weight excluding hydrogens is 238 g/mol. The van der Waals surface area contributed by atoms with Crippen LogP contribution in [0.2, 0.25) is 5.15 Å². The molecule has 0 spiro atoms. The SMILES string of the molecule is CC1CCCC(CO)(Nc2nccnc2Cl)C1. The van der Waals surface area contributed by atoms with Crippen LogP contribution in [0.4, 0.5) is 5.82 Å². The van der Waals surface area contributed by atoms with E-state index in [9.17, 15) is 5.11 Å². The second kappa shape index (κ2) is 5.19. The lowest BCUT2D eigenvalue weighted by atomic mass is 9.77. The second-order valence-electron chi connectivity index (χ2n) is 4.96. The lowest BCUT2D eigenvalue weighted by Crippen LogP contribution is -2.46. The molecule has 94 valence electrons. The molecule has 1 aromatic rings. The first kappa shape index (κ1) is 12.6. The molecule has 0 bridgehead atoms. The Balaban J connectivity index is 2.17. The summed E-state index contributed by atoms with van der Waals surface area (Å²) in [6.45, 7) is 2.31. The lowest BCUT2D eigenvalue weighted by Gasteiger charge is -2.39. The third-order valence-electron chi connectivity index (χ3n) is 3.43. The van der Waals surface area contributed by atoms with Crippen LogP contribution in [0.5, 0.6) is 0 Å². The number of aromatic nitrogens is 2. The van der Waals surface area contributed by atoms with Crippen molar-refractivity contribution >= 4 is 17.4 Å². The molecule has 0 radical (unpaired) electrons. The fourth-order valence-electron chi connectivity index (χ4n) is 2.61. The van der Waals surface area contributed by atoms with Gasteiger partial charge in [0.1, 0.15) is 0 Å². The highest BCUT2D eigenvalue weighted by atomic mass is 35.5. The zero-order valence-corrected chi connectivity index (χ0v) is 10.7. The van der Waals surface area contributed by atoms with Gasteiger partial charge in [-0.25, -0.2) is 9.97 Å². The van der Waals surface area contributed by atoms with Crippen LogP contribution in [-0.2, 0) is 0 Å². The molecule has 1 aromatic heterocycles. The van der Waals surface area contributed by atoms with Crippen molar-refractivity contribution in [1.82, 2.24) is 9.97 Å². The number of halogens is 1. The summed E-state index contributed by atoms with van der Waals surface area (Å²) in [5, 5.41) is 13.3. The Morgan fingerprint density at radius 3 is 2.94 bits per heavy atom. The van der Waals surface area contributed by atoms with Crippen molar-refractivity contribution in [3.8, 4) is 0 Å². The van der Waals surface area contributed by atoms with Crippen molar-refractivity contribution in [3.05, 3.63) is 17.5 Å². The summed E-state index contributed by atoms with van der Waals surface area (Å²) in [6, 6.07) is 0. The van der Waals surface area contributed by atoms with E-state index in [2.05, 4.69) is 22.2 Å². The summed E-state index contributed by atoms with van der Waals surface area (Å²) in [6.07, 6.45) is 7.38. The van der Waals surface area contributed by atoms with E-state index >= 15 is 0 Å². The molecule has 17 heavy (non-hydrogen) atoms. The quantitative estimate of drug-likeness (QED) is 0.871. The van der Waals surface area contributed by atoms with E-state index in [-0.39, 0.29) is 12.1 Å². The van der Waals surface area contributed by atoms with Gasteiger partial charge in [0.15, 0.2) is 11.0 Å². The van der Waals surface area contributed by atoms with Gasteiger partial charge in [-0.05, 0) is 18.8 Å². The first-order valence-corrected chi connectivity index (χ1v) is 6.38. The summed E-state index contributed by atoms with van der Waals surface area (Å²) in [7, 11) is 0. The highest BCUT2D eigenvalue weighted by molar-refractivity contribution is 6.31. The van der Waals surface area contributed by atoms with Gasteiger partial charge in [-0.15, -0.1) is 0 Å². The van der Waals surface area contributed by atoms with Crippen LogP contribution in [-0.4, -0.2) is 27.2 Å². The summed E-state index contributed by atoms with van der Waals surface area (Å²) in [5.74, 6) is 1.18. The smallest absolute Gasteiger partial charge is 0.171 e. The highest BCUT2D eigenvalue weighted by Gasteiger charge is 2.35. The van der Waals surface area contributed by atoms with Crippen molar-refractivity contribution < 1.29 is 5.11 Å². The monoisotopic (exact) mass is 255 g/mol. The normalized spacial score (nSPS) is 29.0. The van der Waals surface area contributed by atoms with Crippen molar-refractivity contribution in [2.75, 3.05) is 11.9 Å². The maximum absolute atomic E-state index is 9.66. The van der Waals surface area contributed by atoms with Crippen LogP contribution in [0.25, 0.3) is 0 Å². The molecule has 2 unspecified atom stereocenters. The van der Waals surface area contributed by atoms with E-state index in [1.807, 2.05) is 0 Å². The van der Waals surface area contributed by atoms with Gasteiger partial charge in [-0.3, -0.25) is 0 Å². The minimum Gasteiger partial charge on any atom is -0.394 e. The molecule has 5 heteroatoms. The summed E-state index contributed by atoms with van der Waals surface area (Å²) in [5.41, 5.74) is -0.294. The zero-order chi connectivity index (χ0) is 12.3. The second-order valence-corrected chi connectivity index (χ2v) is 5.32. The Morgan fingerprint density at radius 2 is 2.29 bits per heavy atom. The molecule has 2 atom stereocenters. The number of aliphatic hydroxyl groups is 1. The van der Waals surface area contributed by atoms with Crippen molar-refractivity contribution in [3.63, 3.8) is 0 Å². The molecule has 1 heterocycles. The van der Waals surface area contributed by atoms with Gasteiger partial charge < -0.3 is 10.4 Å². The van der Waals surface area contributed by atoms with E-state index in [4.69, 9.17) is 11.6 Å². The number of hydrogen-bond acceptors (Lipinski definition) is 4. The molecule has 1 aliphatic carbocycles. The molecule has 1 aliphatic rings. The fourth-order valence-corrected chi connectivity index (χ4v) is 2.77. The molecule has 1 saturated carbocycles. The summed E-state index contributed by atoms with van der Waals surface area (Å²) >= 11 is 5.98. The van der Waals surface area contributed by atoms with Gasteiger partial charge >= 0.3 is 0 Å². The molecule has 2 N–H and O–H groups in total. The number of hydrogen-bond donors (Lipinski definition) is 2. The van der Waals surface area contributed by atoms with Crippen LogP contribution in [0.1, 0.15) is 32.6 Å². The maximum Gasteiger partial charge on any atom is 0.171 e. The third kappa shape index (κ3) is 2.87. The maximum atomic E-state index is 9.66. The van der Waals surface area contributed by atoms with Crippen molar-refractivity contribution in [2.45, 2.75) is 38.1 Å². The lowest BCUT2D eigenvalue weighted by molar-refractivity contribution is 0.149. The topological polar surface area (TPSA) is 58.0 Å². The summed E-state index contributed by atoms with van der Waals surface area (Å²) in [4.78, 5) is 8.16. The Kier molecular flexibility index (Phi) is 3.84. The van der Waals surface area contributed by atoms with Crippen LogP contribution in [0, 0.1) is 5.92 Å². The molecule has 0 amide bonds. The van der Waals surface area contributed by atoms with E-state index in [1.165, 1.54) is 6.42 Å². The Bertz CT molecular complexity index is 388. The Morgan fingerprint density at radius 1 is 1.53 bits per heavy atom. The fraction of sp³-hybridized carbons (Fsp3) is 0.667. The number of nitrogens with zero attached hydrogens (tertiary/aromatic N) is 2. The van der Waals surface area contributed by atoms with Crippen LogP contribution >= 0.6 is 11.6 Å². The minimum absolute atomic E-state index is 0.101.